The van der Waals surface area contributed by atoms with E-state index in [9.17, 15) is 18.0 Å². The minimum absolute atomic E-state index is 0.0830. The number of aryl methyl sites for hydroxylation is 1. The predicted octanol–water partition coefficient (Wildman–Crippen LogP) is 0.977. The van der Waals surface area contributed by atoms with Crippen LogP contribution < -0.4 is 10.0 Å². The Kier molecular flexibility index (Phi) is 7.37. The van der Waals surface area contributed by atoms with Gasteiger partial charge in [0.05, 0.1) is 12.0 Å². The SMILES string of the molecule is COC(=O)CNC(=O)[C@H](CC(C)C)NS(=O)(=O)c1ccc(C)cc1. The maximum Gasteiger partial charge on any atom is 0.325 e. The summed E-state index contributed by atoms with van der Waals surface area (Å²) in [6.45, 7) is 5.30. The molecule has 7 nitrogen and oxygen atoms in total. The molecular weight excluding hydrogens is 332 g/mol. The summed E-state index contributed by atoms with van der Waals surface area (Å²) < 4.78 is 31.8. The smallest absolute Gasteiger partial charge is 0.325 e. The second-order valence-corrected chi connectivity index (χ2v) is 7.62. The number of carbonyl (C=O) groups is 2. The van der Waals surface area contributed by atoms with E-state index in [1.165, 1.54) is 19.2 Å². The monoisotopic (exact) mass is 356 g/mol. The van der Waals surface area contributed by atoms with Crippen LogP contribution in [0.2, 0.25) is 0 Å². The quantitative estimate of drug-likeness (QED) is 0.676. The lowest BCUT2D eigenvalue weighted by Crippen LogP contribution is -2.48. The largest absolute Gasteiger partial charge is 0.468 e. The van der Waals surface area contributed by atoms with Crippen LogP contribution in [0.5, 0.6) is 0 Å². The number of hydrogen-bond acceptors (Lipinski definition) is 5. The van der Waals surface area contributed by atoms with Gasteiger partial charge in [-0.05, 0) is 31.4 Å². The fraction of sp³-hybridized carbons (Fsp3) is 0.500. The molecule has 0 heterocycles. The van der Waals surface area contributed by atoms with Crippen LogP contribution in [-0.2, 0) is 24.3 Å². The number of benzene rings is 1. The van der Waals surface area contributed by atoms with Crippen molar-refractivity contribution in [1.82, 2.24) is 10.0 Å². The first-order chi connectivity index (χ1) is 11.2. The topological polar surface area (TPSA) is 102 Å². The molecule has 134 valence electrons. The lowest BCUT2D eigenvalue weighted by Gasteiger charge is -2.20. The molecule has 1 rings (SSSR count). The van der Waals surface area contributed by atoms with Crippen LogP contribution in [-0.4, -0.2) is 40.0 Å². The van der Waals surface area contributed by atoms with E-state index in [4.69, 9.17) is 0 Å². The standard InChI is InChI=1S/C16H24N2O5S/c1-11(2)9-14(16(20)17-10-15(19)23-4)18-24(21,22)13-7-5-12(3)6-8-13/h5-8,11,14,18H,9-10H2,1-4H3,(H,17,20)/t14-/m0/s1. The molecule has 0 spiro atoms. The number of hydrogen-bond donors (Lipinski definition) is 2. The molecule has 24 heavy (non-hydrogen) atoms. The average molecular weight is 356 g/mol. The molecule has 0 saturated heterocycles. The number of carbonyl (C=O) groups excluding carboxylic acids is 2. The fourth-order valence-corrected chi connectivity index (χ4v) is 3.22. The maximum atomic E-state index is 12.5. The van der Waals surface area contributed by atoms with E-state index in [2.05, 4.69) is 14.8 Å². The highest BCUT2D eigenvalue weighted by atomic mass is 32.2. The summed E-state index contributed by atoms with van der Waals surface area (Å²) in [7, 11) is -2.63. The third-order valence-corrected chi connectivity index (χ3v) is 4.77. The van der Waals surface area contributed by atoms with Gasteiger partial charge in [0.25, 0.3) is 0 Å². The third-order valence-electron chi connectivity index (χ3n) is 3.29. The van der Waals surface area contributed by atoms with E-state index in [1.807, 2.05) is 20.8 Å². The lowest BCUT2D eigenvalue weighted by atomic mass is 10.0. The van der Waals surface area contributed by atoms with Crippen molar-refractivity contribution in [2.24, 2.45) is 5.92 Å². The Labute approximate surface area is 142 Å². The molecule has 0 bridgehead atoms. The van der Waals surface area contributed by atoms with Gasteiger partial charge in [0.1, 0.15) is 12.6 Å². The van der Waals surface area contributed by atoms with Gasteiger partial charge in [0, 0.05) is 0 Å². The van der Waals surface area contributed by atoms with Gasteiger partial charge in [-0.1, -0.05) is 31.5 Å². The van der Waals surface area contributed by atoms with Crippen LogP contribution in [0.1, 0.15) is 25.8 Å². The number of methoxy groups -OCH3 is 1. The Hall–Kier alpha value is -1.93. The first-order valence-electron chi connectivity index (χ1n) is 7.59. The van der Waals surface area contributed by atoms with E-state index in [0.717, 1.165) is 5.56 Å². The molecule has 0 aliphatic carbocycles. The Balaban J connectivity index is 2.89. The zero-order chi connectivity index (χ0) is 18.3. The van der Waals surface area contributed by atoms with Gasteiger partial charge in [-0.3, -0.25) is 9.59 Å². The molecular formula is C16H24N2O5S. The Morgan fingerprint density at radius 1 is 1.17 bits per heavy atom. The summed E-state index contributed by atoms with van der Waals surface area (Å²) in [6.07, 6.45) is 0.304. The first-order valence-corrected chi connectivity index (χ1v) is 9.07. The highest BCUT2D eigenvalue weighted by molar-refractivity contribution is 7.89. The van der Waals surface area contributed by atoms with E-state index in [0.29, 0.717) is 6.42 Å². The highest BCUT2D eigenvalue weighted by Crippen LogP contribution is 2.13. The van der Waals surface area contributed by atoms with Crippen LogP contribution >= 0.6 is 0 Å². The molecule has 1 aromatic carbocycles. The highest BCUT2D eigenvalue weighted by Gasteiger charge is 2.26. The summed E-state index contributed by atoms with van der Waals surface area (Å²) in [6, 6.07) is 5.36. The maximum absolute atomic E-state index is 12.5. The van der Waals surface area contributed by atoms with E-state index in [-0.39, 0.29) is 17.4 Å². The van der Waals surface area contributed by atoms with Crippen molar-refractivity contribution in [2.75, 3.05) is 13.7 Å². The number of sulfonamides is 1. The molecule has 0 aromatic heterocycles. The Bertz CT molecular complexity index is 668. The van der Waals surface area contributed by atoms with Crippen molar-refractivity contribution in [3.05, 3.63) is 29.8 Å². The van der Waals surface area contributed by atoms with Crippen LogP contribution in [0.25, 0.3) is 0 Å². The van der Waals surface area contributed by atoms with Gasteiger partial charge in [-0.15, -0.1) is 0 Å². The van der Waals surface area contributed by atoms with Gasteiger partial charge in [-0.25, -0.2) is 8.42 Å². The van der Waals surface area contributed by atoms with Gasteiger partial charge in [0.2, 0.25) is 15.9 Å². The summed E-state index contributed by atoms with van der Waals surface area (Å²) in [4.78, 5) is 23.4. The van der Waals surface area contributed by atoms with Crippen LogP contribution in [0.3, 0.4) is 0 Å². The summed E-state index contributed by atoms with van der Waals surface area (Å²) in [5.41, 5.74) is 0.934. The van der Waals surface area contributed by atoms with Crippen molar-refractivity contribution in [3.63, 3.8) is 0 Å². The van der Waals surface area contributed by atoms with Crippen molar-refractivity contribution in [1.29, 1.82) is 0 Å². The molecule has 2 N–H and O–H groups in total. The summed E-state index contributed by atoms with van der Waals surface area (Å²) >= 11 is 0. The van der Waals surface area contributed by atoms with Crippen molar-refractivity contribution in [2.45, 2.75) is 38.1 Å². The van der Waals surface area contributed by atoms with Crippen molar-refractivity contribution in [3.8, 4) is 0 Å². The second kappa shape index (κ2) is 8.79. The molecule has 0 saturated carbocycles. The molecule has 1 amide bonds. The molecule has 8 heteroatoms. The number of nitrogens with one attached hydrogen (secondary N) is 2. The van der Waals surface area contributed by atoms with Gasteiger partial charge in [0.15, 0.2) is 0 Å². The van der Waals surface area contributed by atoms with Crippen LogP contribution in [0.4, 0.5) is 0 Å². The zero-order valence-corrected chi connectivity index (χ0v) is 15.1. The first kappa shape index (κ1) is 20.1. The van der Waals surface area contributed by atoms with Gasteiger partial charge >= 0.3 is 5.97 Å². The Morgan fingerprint density at radius 3 is 2.25 bits per heavy atom. The molecule has 0 unspecified atom stereocenters. The van der Waals surface area contributed by atoms with Gasteiger partial charge < -0.3 is 10.1 Å². The number of rotatable bonds is 8. The normalized spacial score (nSPS) is 12.7. The van der Waals surface area contributed by atoms with E-state index in [1.54, 1.807) is 12.1 Å². The number of amides is 1. The minimum atomic E-state index is -3.84. The van der Waals surface area contributed by atoms with Crippen molar-refractivity contribution < 1.29 is 22.7 Å². The van der Waals surface area contributed by atoms with E-state index >= 15 is 0 Å². The summed E-state index contributed by atoms with van der Waals surface area (Å²) in [5, 5.41) is 2.38. The van der Waals surface area contributed by atoms with Gasteiger partial charge in [-0.2, -0.15) is 4.72 Å². The molecule has 1 atom stereocenters. The lowest BCUT2D eigenvalue weighted by molar-refractivity contribution is -0.141. The second-order valence-electron chi connectivity index (χ2n) is 5.91. The average Bonchev–Trinajstić information content (AvgIpc) is 2.51. The molecule has 0 fully saturated rings. The van der Waals surface area contributed by atoms with Crippen molar-refractivity contribution >= 4 is 21.9 Å². The van der Waals surface area contributed by atoms with Crippen LogP contribution in [0, 0.1) is 12.8 Å². The summed E-state index contributed by atoms with van der Waals surface area (Å²) in [5.74, 6) is -1.09. The van der Waals surface area contributed by atoms with E-state index < -0.39 is 27.9 Å². The molecule has 0 aliphatic rings. The zero-order valence-electron chi connectivity index (χ0n) is 14.3. The predicted molar refractivity (Wildman–Crippen MR) is 89.8 cm³/mol. The molecule has 1 aromatic rings. The third kappa shape index (κ3) is 6.29. The van der Waals surface area contributed by atoms with Crippen LogP contribution in [0.15, 0.2) is 29.2 Å². The number of esters is 1. The Morgan fingerprint density at radius 2 is 1.75 bits per heavy atom. The molecule has 0 radical (unpaired) electrons. The molecule has 0 aliphatic heterocycles. The fourth-order valence-electron chi connectivity index (χ4n) is 2.01. The minimum Gasteiger partial charge on any atom is -0.468 e. The number of ether oxygens (including phenoxy) is 1.